The van der Waals surface area contributed by atoms with E-state index in [1.807, 2.05) is 17.5 Å². The molecular formula is C11H17N3O3S2. The zero-order valence-electron chi connectivity index (χ0n) is 10.7. The molecule has 1 amide bonds. The van der Waals surface area contributed by atoms with Crippen LogP contribution >= 0.6 is 11.3 Å². The number of nitrogens with zero attached hydrogens (tertiary/aromatic N) is 2. The van der Waals surface area contributed by atoms with E-state index >= 15 is 0 Å². The van der Waals surface area contributed by atoms with Crippen molar-refractivity contribution in [2.24, 2.45) is 5.73 Å². The molecule has 1 aromatic rings. The Morgan fingerprint density at radius 2 is 2.00 bits per heavy atom. The van der Waals surface area contributed by atoms with E-state index in [2.05, 4.69) is 0 Å². The second kappa shape index (κ2) is 5.58. The zero-order valence-corrected chi connectivity index (χ0v) is 12.3. The smallest absolute Gasteiger partial charge is 0.245 e. The fourth-order valence-corrected chi connectivity index (χ4v) is 3.57. The third kappa shape index (κ3) is 3.33. The fraction of sp³-hybridized carbons (Fsp3) is 0.545. The molecule has 1 aliphatic rings. The highest BCUT2D eigenvalue weighted by molar-refractivity contribution is 7.88. The molecule has 0 saturated carbocycles. The Kier molecular flexibility index (Phi) is 4.24. The van der Waals surface area contributed by atoms with Crippen LogP contribution in [0.1, 0.15) is 10.9 Å². The van der Waals surface area contributed by atoms with Crippen LogP contribution in [0.2, 0.25) is 0 Å². The fourth-order valence-electron chi connectivity index (χ4n) is 2.03. The molecular weight excluding hydrogens is 286 g/mol. The molecule has 0 aliphatic carbocycles. The number of nitrogens with two attached hydrogens (primary N) is 1. The SMILES string of the molecule is CS(=O)(=O)N1CCN(C(=O)C(N)c2cccs2)CC1. The summed E-state index contributed by atoms with van der Waals surface area (Å²) in [6.45, 7) is 1.46. The van der Waals surface area contributed by atoms with Crippen molar-refractivity contribution < 1.29 is 13.2 Å². The van der Waals surface area contributed by atoms with Gasteiger partial charge in [-0.1, -0.05) is 6.07 Å². The van der Waals surface area contributed by atoms with Crippen molar-refractivity contribution in [3.63, 3.8) is 0 Å². The highest BCUT2D eigenvalue weighted by Gasteiger charge is 2.29. The molecule has 1 fully saturated rings. The van der Waals surface area contributed by atoms with Crippen molar-refractivity contribution in [2.45, 2.75) is 6.04 Å². The molecule has 1 atom stereocenters. The van der Waals surface area contributed by atoms with Crippen molar-refractivity contribution in [1.29, 1.82) is 0 Å². The standard InChI is InChI=1S/C11H17N3O3S2/c1-19(16,17)14-6-4-13(5-7-14)11(15)10(12)9-3-2-8-18-9/h2-3,8,10H,4-7,12H2,1H3. The quantitative estimate of drug-likeness (QED) is 0.842. The highest BCUT2D eigenvalue weighted by atomic mass is 32.2. The van der Waals surface area contributed by atoms with E-state index in [1.54, 1.807) is 4.90 Å². The molecule has 19 heavy (non-hydrogen) atoms. The van der Waals surface area contributed by atoms with Gasteiger partial charge in [-0.05, 0) is 11.4 Å². The van der Waals surface area contributed by atoms with Gasteiger partial charge in [-0.25, -0.2) is 8.42 Å². The van der Waals surface area contributed by atoms with E-state index in [0.29, 0.717) is 26.2 Å². The van der Waals surface area contributed by atoms with Gasteiger partial charge < -0.3 is 10.6 Å². The maximum atomic E-state index is 12.2. The minimum absolute atomic E-state index is 0.143. The number of piperazine rings is 1. The molecule has 0 radical (unpaired) electrons. The minimum atomic E-state index is -3.17. The van der Waals surface area contributed by atoms with Crippen LogP contribution in [0.5, 0.6) is 0 Å². The monoisotopic (exact) mass is 303 g/mol. The van der Waals surface area contributed by atoms with Crippen LogP contribution in [0.15, 0.2) is 17.5 Å². The molecule has 2 heterocycles. The number of hydrogen-bond acceptors (Lipinski definition) is 5. The third-order valence-electron chi connectivity index (χ3n) is 3.14. The van der Waals surface area contributed by atoms with Crippen LogP contribution in [0.25, 0.3) is 0 Å². The zero-order chi connectivity index (χ0) is 14.0. The summed E-state index contributed by atoms with van der Waals surface area (Å²) in [4.78, 5) is 14.7. The van der Waals surface area contributed by atoms with Crippen LogP contribution < -0.4 is 5.73 Å². The topological polar surface area (TPSA) is 83.7 Å². The van der Waals surface area contributed by atoms with Gasteiger partial charge in [0, 0.05) is 31.1 Å². The van der Waals surface area contributed by atoms with Gasteiger partial charge in [0.2, 0.25) is 15.9 Å². The summed E-state index contributed by atoms with van der Waals surface area (Å²) < 4.78 is 24.1. The summed E-state index contributed by atoms with van der Waals surface area (Å²) in [6, 6.07) is 3.04. The number of thiophene rings is 1. The molecule has 106 valence electrons. The van der Waals surface area contributed by atoms with Crippen molar-refractivity contribution in [2.75, 3.05) is 32.4 Å². The molecule has 1 aromatic heterocycles. The molecule has 0 aromatic carbocycles. The average Bonchev–Trinajstić information content (AvgIpc) is 2.90. The van der Waals surface area contributed by atoms with Gasteiger partial charge in [0.25, 0.3) is 0 Å². The lowest BCUT2D eigenvalue weighted by Crippen LogP contribution is -2.52. The maximum absolute atomic E-state index is 12.2. The molecule has 1 unspecified atom stereocenters. The van der Waals surface area contributed by atoms with E-state index in [1.165, 1.54) is 21.9 Å². The second-order valence-electron chi connectivity index (χ2n) is 4.48. The largest absolute Gasteiger partial charge is 0.338 e. The summed E-state index contributed by atoms with van der Waals surface area (Å²) in [6.07, 6.45) is 1.18. The van der Waals surface area contributed by atoms with E-state index in [0.717, 1.165) is 4.88 Å². The third-order valence-corrected chi connectivity index (χ3v) is 5.39. The first-order chi connectivity index (χ1) is 8.89. The van der Waals surface area contributed by atoms with Crippen LogP contribution in [0, 0.1) is 0 Å². The van der Waals surface area contributed by atoms with Gasteiger partial charge in [0.1, 0.15) is 6.04 Å². The van der Waals surface area contributed by atoms with E-state index in [-0.39, 0.29) is 5.91 Å². The van der Waals surface area contributed by atoms with Crippen LogP contribution in [0.4, 0.5) is 0 Å². The lowest BCUT2D eigenvalue weighted by Gasteiger charge is -2.34. The van der Waals surface area contributed by atoms with Crippen molar-refractivity contribution in [3.8, 4) is 0 Å². The lowest BCUT2D eigenvalue weighted by molar-refractivity contribution is -0.133. The summed E-state index contributed by atoms with van der Waals surface area (Å²) in [5, 5.41) is 1.88. The van der Waals surface area contributed by atoms with Gasteiger partial charge >= 0.3 is 0 Å². The first-order valence-corrected chi connectivity index (χ1v) is 8.65. The van der Waals surface area contributed by atoms with Gasteiger partial charge in [-0.15, -0.1) is 11.3 Å². The molecule has 0 spiro atoms. The predicted octanol–water partition coefficient (Wildman–Crippen LogP) is -0.148. The minimum Gasteiger partial charge on any atom is -0.338 e. The number of carbonyl (C=O) groups excluding carboxylic acids is 1. The molecule has 1 saturated heterocycles. The van der Waals surface area contributed by atoms with Crippen molar-refractivity contribution in [3.05, 3.63) is 22.4 Å². The van der Waals surface area contributed by atoms with Gasteiger partial charge in [-0.2, -0.15) is 4.31 Å². The summed E-state index contributed by atoms with van der Waals surface area (Å²) in [7, 11) is -3.17. The Morgan fingerprint density at radius 1 is 1.37 bits per heavy atom. The summed E-state index contributed by atoms with van der Waals surface area (Å²) in [5.41, 5.74) is 5.92. The Hall–Kier alpha value is -0.960. The number of rotatable bonds is 3. The molecule has 6 nitrogen and oxygen atoms in total. The molecule has 2 rings (SSSR count). The van der Waals surface area contributed by atoms with Gasteiger partial charge in [-0.3, -0.25) is 4.79 Å². The van der Waals surface area contributed by atoms with Crippen molar-refractivity contribution >= 4 is 27.3 Å². The van der Waals surface area contributed by atoms with Gasteiger partial charge in [0.05, 0.1) is 6.26 Å². The number of amides is 1. The van der Waals surface area contributed by atoms with E-state index in [9.17, 15) is 13.2 Å². The molecule has 2 N–H and O–H groups in total. The Labute approximate surface area is 116 Å². The summed E-state index contributed by atoms with van der Waals surface area (Å²) >= 11 is 1.45. The van der Waals surface area contributed by atoms with E-state index in [4.69, 9.17) is 5.73 Å². The van der Waals surface area contributed by atoms with Crippen molar-refractivity contribution in [1.82, 2.24) is 9.21 Å². The van der Waals surface area contributed by atoms with Crippen LogP contribution in [0.3, 0.4) is 0 Å². The lowest BCUT2D eigenvalue weighted by atomic mass is 10.2. The molecule has 1 aliphatic heterocycles. The van der Waals surface area contributed by atoms with Crippen LogP contribution in [-0.4, -0.2) is 56.0 Å². The number of carbonyl (C=O) groups is 1. The highest BCUT2D eigenvalue weighted by Crippen LogP contribution is 2.19. The Balaban J connectivity index is 1.96. The Morgan fingerprint density at radius 3 is 2.47 bits per heavy atom. The average molecular weight is 303 g/mol. The maximum Gasteiger partial charge on any atom is 0.245 e. The molecule has 8 heteroatoms. The number of sulfonamides is 1. The van der Waals surface area contributed by atoms with Gasteiger partial charge in [0.15, 0.2) is 0 Å². The predicted molar refractivity (Wildman–Crippen MR) is 74.2 cm³/mol. The number of hydrogen-bond donors (Lipinski definition) is 1. The van der Waals surface area contributed by atoms with Crippen LogP contribution in [-0.2, 0) is 14.8 Å². The first kappa shape index (κ1) is 14.4. The second-order valence-corrected chi connectivity index (χ2v) is 7.44. The Bertz CT molecular complexity index is 534. The first-order valence-electron chi connectivity index (χ1n) is 5.92. The van der Waals surface area contributed by atoms with E-state index < -0.39 is 16.1 Å². The molecule has 0 bridgehead atoms. The normalized spacial score (nSPS) is 19.4. The summed E-state index contributed by atoms with van der Waals surface area (Å²) in [5.74, 6) is -0.143.